The maximum atomic E-state index is 8.88. The Morgan fingerprint density at radius 1 is 1.27 bits per heavy atom. The Kier molecular flexibility index (Phi) is 5.76. The molecule has 0 amide bonds. The zero-order valence-electron chi connectivity index (χ0n) is 9.44. The van der Waals surface area contributed by atoms with Gasteiger partial charge in [-0.15, -0.1) is 11.8 Å². The van der Waals surface area contributed by atoms with Crippen LogP contribution in [0.3, 0.4) is 0 Å². The van der Waals surface area contributed by atoms with Crippen molar-refractivity contribution in [3.8, 4) is 0 Å². The van der Waals surface area contributed by atoms with Crippen LogP contribution < -0.4 is 0 Å². The zero-order chi connectivity index (χ0) is 11.1. The van der Waals surface area contributed by atoms with Gasteiger partial charge in [0.1, 0.15) is 0 Å². The van der Waals surface area contributed by atoms with Crippen molar-refractivity contribution in [2.75, 3.05) is 26.0 Å². The lowest BCUT2D eigenvalue weighted by Gasteiger charge is -2.19. The molecular weight excluding hydrogens is 206 g/mol. The average Bonchev–Trinajstić information content (AvgIpc) is 2.29. The van der Waals surface area contributed by atoms with Crippen molar-refractivity contribution >= 4 is 11.8 Å². The van der Waals surface area contributed by atoms with E-state index in [1.165, 1.54) is 10.5 Å². The Balaban J connectivity index is 2.55. The quantitative estimate of drug-likeness (QED) is 0.751. The summed E-state index contributed by atoms with van der Waals surface area (Å²) in [5, 5.41) is 8.88. The van der Waals surface area contributed by atoms with Crippen molar-refractivity contribution in [3.05, 3.63) is 29.8 Å². The lowest BCUT2D eigenvalue weighted by Crippen LogP contribution is -2.25. The average molecular weight is 225 g/mol. The van der Waals surface area contributed by atoms with E-state index in [-0.39, 0.29) is 6.61 Å². The lowest BCUT2D eigenvalue weighted by atomic mass is 10.2. The highest BCUT2D eigenvalue weighted by atomic mass is 32.2. The van der Waals surface area contributed by atoms with E-state index in [2.05, 4.69) is 42.3 Å². The van der Waals surface area contributed by atoms with E-state index in [0.29, 0.717) is 0 Å². The summed E-state index contributed by atoms with van der Waals surface area (Å²) >= 11 is 1.76. The molecule has 0 bridgehead atoms. The second-order valence-electron chi connectivity index (χ2n) is 3.44. The van der Waals surface area contributed by atoms with Gasteiger partial charge < -0.3 is 5.11 Å². The Hall–Kier alpha value is -0.510. The fourth-order valence-corrected chi connectivity index (χ4v) is 1.89. The molecule has 0 saturated carbocycles. The summed E-state index contributed by atoms with van der Waals surface area (Å²) in [7, 11) is 0. The molecule has 84 valence electrons. The Morgan fingerprint density at radius 3 is 2.40 bits per heavy atom. The van der Waals surface area contributed by atoms with Crippen LogP contribution in [0.15, 0.2) is 29.2 Å². The van der Waals surface area contributed by atoms with Gasteiger partial charge >= 0.3 is 0 Å². The number of hydrogen-bond donors (Lipinski definition) is 1. The van der Waals surface area contributed by atoms with Crippen molar-refractivity contribution in [2.45, 2.75) is 18.4 Å². The first kappa shape index (κ1) is 12.6. The monoisotopic (exact) mass is 225 g/mol. The topological polar surface area (TPSA) is 23.5 Å². The van der Waals surface area contributed by atoms with Crippen LogP contribution in [0.4, 0.5) is 0 Å². The van der Waals surface area contributed by atoms with Crippen LogP contribution in [0.25, 0.3) is 0 Å². The number of likely N-dealkylation sites (N-methyl/N-ethyl adjacent to an activating group) is 1. The molecule has 1 rings (SSSR count). The summed E-state index contributed by atoms with van der Waals surface area (Å²) in [5.74, 6) is 0. The number of rotatable bonds is 6. The van der Waals surface area contributed by atoms with Crippen LogP contribution in [-0.4, -0.2) is 36.0 Å². The lowest BCUT2D eigenvalue weighted by molar-refractivity contribution is 0.197. The van der Waals surface area contributed by atoms with Gasteiger partial charge in [-0.05, 0) is 30.5 Å². The summed E-state index contributed by atoms with van der Waals surface area (Å²) in [4.78, 5) is 3.53. The van der Waals surface area contributed by atoms with Gasteiger partial charge in [-0.2, -0.15) is 0 Å². The fraction of sp³-hybridized carbons (Fsp3) is 0.500. The standard InChI is InChI=1S/C12H19NOS/c1-3-13(8-9-14)10-11-4-6-12(15-2)7-5-11/h4-7,14H,3,8-10H2,1-2H3. The minimum atomic E-state index is 0.233. The summed E-state index contributed by atoms with van der Waals surface area (Å²) in [5.41, 5.74) is 1.31. The van der Waals surface area contributed by atoms with E-state index in [4.69, 9.17) is 5.11 Å². The first-order valence-electron chi connectivity index (χ1n) is 5.26. The summed E-state index contributed by atoms with van der Waals surface area (Å²) in [6, 6.07) is 8.61. The van der Waals surface area contributed by atoms with E-state index in [1.807, 2.05) is 0 Å². The molecule has 1 N–H and O–H groups in total. The molecule has 0 spiro atoms. The molecule has 0 fully saturated rings. The van der Waals surface area contributed by atoms with E-state index in [1.54, 1.807) is 11.8 Å². The first-order chi connectivity index (χ1) is 7.30. The predicted octanol–water partition coefficient (Wildman–Crippen LogP) is 2.22. The largest absolute Gasteiger partial charge is 0.395 e. The van der Waals surface area contributed by atoms with Crippen LogP contribution in [0.5, 0.6) is 0 Å². The molecule has 0 aliphatic heterocycles. The van der Waals surface area contributed by atoms with Gasteiger partial charge in [0.15, 0.2) is 0 Å². The zero-order valence-corrected chi connectivity index (χ0v) is 10.3. The van der Waals surface area contributed by atoms with Gasteiger partial charge in [0.05, 0.1) is 6.61 Å². The Bertz CT molecular complexity index is 273. The van der Waals surface area contributed by atoms with Crippen molar-refractivity contribution in [1.29, 1.82) is 0 Å². The minimum Gasteiger partial charge on any atom is -0.395 e. The molecule has 0 saturated heterocycles. The molecular formula is C12H19NOS. The number of benzene rings is 1. The highest BCUT2D eigenvalue weighted by Gasteiger charge is 2.02. The van der Waals surface area contributed by atoms with Crippen molar-refractivity contribution in [1.82, 2.24) is 4.90 Å². The third-order valence-electron chi connectivity index (χ3n) is 2.43. The van der Waals surface area contributed by atoms with Crippen LogP contribution in [0, 0.1) is 0 Å². The van der Waals surface area contributed by atoms with Crippen LogP contribution in [-0.2, 0) is 6.54 Å². The normalized spacial score (nSPS) is 10.9. The van der Waals surface area contributed by atoms with Gasteiger partial charge in [-0.1, -0.05) is 19.1 Å². The molecule has 2 nitrogen and oxygen atoms in total. The van der Waals surface area contributed by atoms with E-state index in [0.717, 1.165) is 19.6 Å². The van der Waals surface area contributed by atoms with Gasteiger partial charge in [0.2, 0.25) is 0 Å². The third kappa shape index (κ3) is 4.24. The molecule has 1 aromatic carbocycles. The van der Waals surface area contributed by atoms with E-state index < -0.39 is 0 Å². The first-order valence-corrected chi connectivity index (χ1v) is 6.48. The van der Waals surface area contributed by atoms with Gasteiger partial charge in [0, 0.05) is 18.0 Å². The number of aliphatic hydroxyl groups is 1. The van der Waals surface area contributed by atoms with Crippen molar-refractivity contribution in [2.24, 2.45) is 0 Å². The Morgan fingerprint density at radius 2 is 1.93 bits per heavy atom. The molecule has 0 aliphatic carbocycles. The van der Waals surface area contributed by atoms with E-state index in [9.17, 15) is 0 Å². The summed E-state index contributed by atoms with van der Waals surface area (Å²) in [6.45, 7) is 5.00. The third-order valence-corrected chi connectivity index (χ3v) is 3.17. The number of aliphatic hydroxyl groups excluding tert-OH is 1. The second-order valence-corrected chi connectivity index (χ2v) is 4.32. The molecule has 15 heavy (non-hydrogen) atoms. The minimum absolute atomic E-state index is 0.233. The smallest absolute Gasteiger partial charge is 0.0558 e. The molecule has 0 aromatic heterocycles. The number of nitrogens with zero attached hydrogens (tertiary/aromatic N) is 1. The van der Waals surface area contributed by atoms with Gasteiger partial charge in [-0.25, -0.2) is 0 Å². The summed E-state index contributed by atoms with van der Waals surface area (Å²) < 4.78 is 0. The number of thioether (sulfide) groups is 1. The molecule has 0 unspecified atom stereocenters. The highest BCUT2D eigenvalue weighted by molar-refractivity contribution is 7.98. The molecule has 0 aliphatic rings. The maximum Gasteiger partial charge on any atom is 0.0558 e. The second kappa shape index (κ2) is 6.88. The van der Waals surface area contributed by atoms with Crippen LogP contribution in [0.2, 0.25) is 0 Å². The van der Waals surface area contributed by atoms with E-state index >= 15 is 0 Å². The molecule has 0 atom stereocenters. The predicted molar refractivity (Wildman–Crippen MR) is 66.3 cm³/mol. The van der Waals surface area contributed by atoms with Crippen LogP contribution >= 0.6 is 11.8 Å². The highest BCUT2D eigenvalue weighted by Crippen LogP contribution is 2.15. The summed E-state index contributed by atoms with van der Waals surface area (Å²) in [6.07, 6.45) is 2.08. The van der Waals surface area contributed by atoms with Crippen molar-refractivity contribution in [3.63, 3.8) is 0 Å². The van der Waals surface area contributed by atoms with Gasteiger partial charge in [-0.3, -0.25) is 4.90 Å². The molecule has 0 radical (unpaired) electrons. The Labute approximate surface area is 96.3 Å². The molecule has 3 heteroatoms. The SMILES string of the molecule is CCN(CCO)Cc1ccc(SC)cc1. The molecule has 0 heterocycles. The van der Waals surface area contributed by atoms with Gasteiger partial charge in [0.25, 0.3) is 0 Å². The molecule has 1 aromatic rings. The fourth-order valence-electron chi connectivity index (χ4n) is 1.48. The van der Waals surface area contributed by atoms with Crippen LogP contribution in [0.1, 0.15) is 12.5 Å². The van der Waals surface area contributed by atoms with Crippen molar-refractivity contribution < 1.29 is 5.11 Å². The maximum absolute atomic E-state index is 8.88. The number of hydrogen-bond acceptors (Lipinski definition) is 3.